The Labute approximate surface area is 185 Å². The summed E-state index contributed by atoms with van der Waals surface area (Å²) in [5.74, 6) is 0.541. The van der Waals surface area contributed by atoms with Crippen molar-refractivity contribution in [2.24, 2.45) is 0 Å². The van der Waals surface area contributed by atoms with E-state index in [0.29, 0.717) is 5.92 Å². The quantitative estimate of drug-likeness (QED) is 0.711. The van der Waals surface area contributed by atoms with Crippen molar-refractivity contribution in [2.75, 3.05) is 44.2 Å². The zero-order chi connectivity index (χ0) is 20.2. The minimum atomic E-state index is 0.541. The molecule has 3 saturated heterocycles. The van der Waals surface area contributed by atoms with Crippen LogP contribution in [0.2, 0.25) is 0 Å². The van der Waals surface area contributed by atoms with Crippen LogP contribution in [-0.4, -0.2) is 65.3 Å². The van der Waals surface area contributed by atoms with E-state index >= 15 is 0 Å². The molecule has 3 aliphatic heterocycles. The van der Waals surface area contributed by atoms with Crippen LogP contribution in [0.1, 0.15) is 61.4 Å². The molecule has 0 N–H and O–H groups in total. The first kappa shape index (κ1) is 20.4. The molecule has 5 nitrogen and oxygen atoms in total. The van der Waals surface area contributed by atoms with Crippen LogP contribution in [0, 0.1) is 0 Å². The van der Waals surface area contributed by atoms with Gasteiger partial charge in [0.1, 0.15) is 5.01 Å². The van der Waals surface area contributed by atoms with Crippen molar-refractivity contribution in [3.05, 3.63) is 40.9 Å². The Hall–Kier alpha value is -1.50. The molecule has 5 rings (SSSR count). The fraction of sp³-hybridized carbons (Fsp3) is 0.667. The van der Waals surface area contributed by atoms with Crippen LogP contribution >= 0.6 is 11.3 Å². The molecule has 6 heteroatoms. The van der Waals surface area contributed by atoms with Gasteiger partial charge >= 0.3 is 0 Å². The van der Waals surface area contributed by atoms with Gasteiger partial charge in [0.25, 0.3) is 0 Å². The molecule has 3 aliphatic rings. The highest BCUT2D eigenvalue weighted by Crippen LogP contribution is 2.34. The topological polar surface area (TPSA) is 35.5 Å². The van der Waals surface area contributed by atoms with Crippen molar-refractivity contribution in [1.82, 2.24) is 20.0 Å². The highest BCUT2D eigenvalue weighted by molar-refractivity contribution is 7.15. The maximum Gasteiger partial charge on any atom is 0.208 e. The molecule has 3 fully saturated rings. The summed E-state index contributed by atoms with van der Waals surface area (Å²) < 4.78 is 0. The molecule has 1 atom stereocenters. The lowest BCUT2D eigenvalue weighted by Crippen LogP contribution is -2.46. The number of aromatic nitrogens is 2. The SMILES string of the molecule is c1ccc(CN2CCC[C@H](c3nnc(N4CCC(N5CCCCC5)CC4)s3)C2)cc1. The molecule has 0 spiro atoms. The van der Waals surface area contributed by atoms with Crippen LogP contribution < -0.4 is 4.90 Å². The highest BCUT2D eigenvalue weighted by atomic mass is 32.1. The monoisotopic (exact) mass is 425 g/mol. The standard InChI is InChI=1S/C24H35N5S/c1-3-8-20(9-4-1)18-27-13-7-10-21(19-27)23-25-26-24(30-23)29-16-11-22(12-17-29)28-14-5-2-6-15-28/h1,3-4,8-9,21-22H,2,5-7,10-19H2/t21-/m0/s1. The minimum Gasteiger partial charge on any atom is -0.347 e. The molecule has 1 aromatic heterocycles. The van der Waals surface area contributed by atoms with Crippen molar-refractivity contribution in [2.45, 2.75) is 63.5 Å². The van der Waals surface area contributed by atoms with Gasteiger partial charge in [-0.3, -0.25) is 4.90 Å². The van der Waals surface area contributed by atoms with Gasteiger partial charge in [-0.1, -0.05) is 48.1 Å². The Balaban J connectivity index is 1.15. The first-order valence-electron chi connectivity index (χ1n) is 11.9. The highest BCUT2D eigenvalue weighted by Gasteiger charge is 2.29. The Kier molecular flexibility index (Phi) is 6.63. The van der Waals surface area contributed by atoms with Gasteiger partial charge in [0.05, 0.1) is 0 Å². The minimum absolute atomic E-state index is 0.541. The molecule has 4 heterocycles. The maximum absolute atomic E-state index is 4.66. The molecule has 1 aromatic carbocycles. The average molecular weight is 426 g/mol. The Morgan fingerprint density at radius 2 is 1.63 bits per heavy atom. The van der Waals surface area contributed by atoms with Gasteiger partial charge in [-0.05, 0) is 63.7 Å². The predicted molar refractivity (Wildman–Crippen MR) is 124 cm³/mol. The number of anilines is 1. The zero-order valence-electron chi connectivity index (χ0n) is 18.1. The average Bonchev–Trinajstić information content (AvgIpc) is 3.31. The second-order valence-electron chi connectivity index (χ2n) is 9.30. The Morgan fingerprint density at radius 3 is 2.43 bits per heavy atom. The number of rotatable bonds is 5. The molecule has 30 heavy (non-hydrogen) atoms. The van der Waals surface area contributed by atoms with E-state index in [9.17, 15) is 0 Å². The van der Waals surface area contributed by atoms with E-state index in [2.05, 4.69) is 55.2 Å². The van der Waals surface area contributed by atoms with E-state index in [1.165, 1.54) is 75.2 Å². The Bertz CT molecular complexity index is 780. The van der Waals surface area contributed by atoms with Crippen molar-refractivity contribution < 1.29 is 0 Å². The smallest absolute Gasteiger partial charge is 0.208 e. The van der Waals surface area contributed by atoms with Crippen molar-refractivity contribution >= 4 is 16.5 Å². The largest absolute Gasteiger partial charge is 0.347 e. The summed E-state index contributed by atoms with van der Waals surface area (Å²) in [4.78, 5) is 7.83. The number of likely N-dealkylation sites (tertiary alicyclic amines) is 2. The normalized spacial score (nSPS) is 24.9. The van der Waals surface area contributed by atoms with Crippen LogP contribution in [0.3, 0.4) is 0 Å². The molecule has 0 bridgehead atoms. The van der Waals surface area contributed by atoms with Crippen LogP contribution in [-0.2, 0) is 6.54 Å². The molecular weight excluding hydrogens is 390 g/mol. The maximum atomic E-state index is 4.66. The second kappa shape index (κ2) is 9.75. The number of benzene rings is 1. The summed E-state index contributed by atoms with van der Waals surface area (Å²) in [6.45, 7) is 8.26. The van der Waals surface area contributed by atoms with E-state index in [4.69, 9.17) is 0 Å². The molecule has 162 valence electrons. The lowest BCUT2D eigenvalue weighted by atomic mass is 9.98. The van der Waals surface area contributed by atoms with Gasteiger partial charge in [0, 0.05) is 38.1 Å². The molecule has 0 radical (unpaired) electrons. The Morgan fingerprint density at radius 1 is 0.833 bits per heavy atom. The summed E-state index contributed by atoms with van der Waals surface area (Å²) in [6, 6.07) is 11.6. The van der Waals surface area contributed by atoms with Crippen LogP contribution in [0.4, 0.5) is 5.13 Å². The summed E-state index contributed by atoms with van der Waals surface area (Å²) >= 11 is 1.85. The molecule has 0 saturated carbocycles. The van der Waals surface area contributed by atoms with Gasteiger partial charge in [0.2, 0.25) is 5.13 Å². The van der Waals surface area contributed by atoms with Crippen molar-refractivity contribution in [1.29, 1.82) is 0 Å². The summed E-state index contributed by atoms with van der Waals surface area (Å²) in [5.41, 5.74) is 1.41. The fourth-order valence-electron chi connectivity index (χ4n) is 5.47. The lowest BCUT2D eigenvalue weighted by molar-refractivity contribution is 0.141. The first-order valence-corrected chi connectivity index (χ1v) is 12.8. The van der Waals surface area contributed by atoms with E-state index in [-0.39, 0.29) is 0 Å². The third kappa shape index (κ3) is 4.87. The zero-order valence-corrected chi connectivity index (χ0v) is 18.9. The molecular formula is C24H35N5S. The van der Waals surface area contributed by atoms with E-state index in [1.54, 1.807) is 0 Å². The molecule has 0 amide bonds. The van der Waals surface area contributed by atoms with Crippen LogP contribution in [0.5, 0.6) is 0 Å². The van der Waals surface area contributed by atoms with E-state index < -0.39 is 0 Å². The van der Waals surface area contributed by atoms with Gasteiger partial charge < -0.3 is 9.80 Å². The van der Waals surface area contributed by atoms with E-state index in [0.717, 1.165) is 37.4 Å². The number of piperidine rings is 3. The predicted octanol–water partition coefficient (Wildman–Crippen LogP) is 4.37. The molecule has 2 aromatic rings. The third-order valence-electron chi connectivity index (χ3n) is 7.18. The van der Waals surface area contributed by atoms with Gasteiger partial charge in [-0.2, -0.15) is 0 Å². The van der Waals surface area contributed by atoms with E-state index in [1.807, 2.05) is 11.3 Å². The summed E-state index contributed by atoms with van der Waals surface area (Å²) in [7, 11) is 0. The van der Waals surface area contributed by atoms with Gasteiger partial charge in [-0.25, -0.2) is 0 Å². The van der Waals surface area contributed by atoms with Crippen molar-refractivity contribution in [3.8, 4) is 0 Å². The number of nitrogens with zero attached hydrogens (tertiary/aromatic N) is 5. The van der Waals surface area contributed by atoms with Crippen molar-refractivity contribution in [3.63, 3.8) is 0 Å². The summed E-state index contributed by atoms with van der Waals surface area (Å²) in [5, 5.41) is 11.7. The second-order valence-corrected chi connectivity index (χ2v) is 10.3. The number of hydrogen-bond donors (Lipinski definition) is 0. The molecule has 0 unspecified atom stereocenters. The molecule has 0 aliphatic carbocycles. The lowest BCUT2D eigenvalue weighted by Gasteiger charge is -2.40. The van der Waals surface area contributed by atoms with Crippen LogP contribution in [0.25, 0.3) is 0 Å². The third-order valence-corrected chi connectivity index (χ3v) is 8.32. The summed E-state index contributed by atoms with van der Waals surface area (Å²) in [6.07, 6.45) is 9.27. The van der Waals surface area contributed by atoms with Gasteiger partial charge in [-0.15, -0.1) is 10.2 Å². The first-order chi connectivity index (χ1) is 14.8. The number of hydrogen-bond acceptors (Lipinski definition) is 6. The van der Waals surface area contributed by atoms with Gasteiger partial charge in [0.15, 0.2) is 0 Å². The van der Waals surface area contributed by atoms with Crippen LogP contribution in [0.15, 0.2) is 30.3 Å². The fourth-order valence-corrected chi connectivity index (χ4v) is 6.49.